The lowest BCUT2D eigenvalue weighted by atomic mass is 10.3. The molecule has 23 heavy (non-hydrogen) atoms. The van der Waals surface area contributed by atoms with Crippen molar-refractivity contribution in [1.82, 2.24) is 25.3 Å². The highest BCUT2D eigenvalue weighted by atomic mass is 32.1. The van der Waals surface area contributed by atoms with Gasteiger partial charge in [-0.3, -0.25) is 15.2 Å². The summed E-state index contributed by atoms with van der Waals surface area (Å²) < 4.78 is 0. The summed E-state index contributed by atoms with van der Waals surface area (Å²) in [5.74, 6) is -0.415. The van der Waals surface area contributed by atoms with Gasteiger partial charge in [0.1, 0.15) is 5.00 Å². The van der Waals surface area contributed by atoms with Gasteiger partial charge in [-0.2, -0.15) is 0 Å². The second-order valence-electron chi connectivity index (χ2n) is 5.05. The number of aromatic nitrogens is 2. The summed E-state index contributed by atoms with van der Waals surface area (Å²) in [6.07, 6.45) is 4.13. The van der Waals surface area contributed by atoms with Crippen LogP contribution in [0.5, 0.6) is 0 Å². The number of carbonyl (C=O) groups excluding carboxylic acids is 2. The van der Waals surface area contributed by atoms with E-state index in [1.54, 1.807) is 35.9 Å². The minimum atomic E-state index is -0.415. The summed E-state index contributed by atoms with van der Waals surface area (Å²) in [6.45, 7) is 1.18. The van der Waals surface area contributed by atoms with Crippen LogP contribution in [0.15, 0.2) is 30.0 Å². The average molecular weight is 332 g/mol. The standard InChI is InChI=1S/C14H16N6O2S/c1-19-6-3-7-20(14(19)22)18-12(21)11-13(23-9-16-11)17-10-4-2-5-15-8-10/h2,4-5,8-9,17H,3,6-7H2,1H3,(H,18,21). The fraction of sp³-hybridized carbons (Fsp3) is 0.286. The second kappa shape index (κ2) is 6.61. The topological polar surface area (TPSA) is 90.5 Å². The molecule has 0 atom stereocenters. The van der Waals surface area contributed by atoms with Crippen molar-refractivity contribution in [2.24, 2.45) is 0 Å². The summed E-state index contributed by atoms with van der Waals surface area (Å²) in [4.78, 5) is 34.1. The minimum Gasteiger partial charge on any atom is -0.344 e. The van der Waals surface area contributed by atoms with Crippen molar-refractivity contribution in [1.29, 1.82) is 0 Å². The summed E-state index contributed by atoms with van der Waals surface area (Å²) in [5, 5.41) is 5.03. The van der Waals surface area contributed by atoms with Crippen molar-refractivity contribution in [2.45, 2.75) is 6.42 Å². The molecule has 0 bridgehead atoms. The molecule has 1 aliphatic rings. The zero-order valence-corrected chi connectivity index (χ0v) is 13.3. The molecule has 2 aromatic heterocycles. The van der Waals surface area contributed by atoms with Gasteiger partial charge in [-0.05, 0) is 18.6 Å². The number of anilines is 2. The van der Waals surface area contributed by atoms with Crippen LogP contribution >= 0.6 is 11.3 Å². The number of hydrogen-bond acceptors (Lipinski definition) is 6. The molecule has 3 rings (SSSR count). The Kier molecular flexibility index (Phi) is 4.38. The normalized spacial score (nSPS) is 14.7. The molecule has 2 aromatic rings. The van der Waals surface area contributed by atoms with E-state index in [-0.39, 0.29) is 11.7 Å². The average Bonchev–Trinajstić information content (AvgIpc) is 3.01. The number of urea groups is 1. The van der Waals surface area contributed by atoms with Crippen molar-refractivity contribution in [3.8, 4) is 0 Å². The van der Waals surface area contributed by atoms with Gasteiger partial charge in [0.2, 0.25) is 0 Å². The highest BCUT2D eigenvalue weighted by Crippen LogP contribution is 2.24. The lowest BCUT2D eigenvalue weighted by Crippen LogP contribution is -2.55. The third kappa shape index (κ3) is 3.39. The van der Waals surface area contributed by atoms with E-state index in [9.17, 15) is 9.59 Å². The molecule has 0 aliphatic carbocycles. The Bertz CT molecular complexity index is 704. The van der Waals surface area contributed by atoms with Crippen LogP contribution in [0.3, 0.4) is 0 Å². The molecular formula is C14H16N6O2S. The number of nitrogens with one attached hydrogen (secondary N) is 2. The Morgan fingerprint density at radius 2 is 2.26 bits per heavy atom. The lowest BCUT2D eigenvalue weighted by molar-refractivity contribution is 0.0734. The first kappa shape index (κ1) is 15.2. The van der Waals surface area contributed by atoms with Crippen LogP contribution in [0.4, 0.5) is 15.5 Å². The van der Waals surface area contributed by atoms with Gasteiger partial charge in [0, 0.05) is 26.3 Å². The Hall–Kier alpha value is -2.68. The number of pyridine rings is 1. The van der Waals surface area contributed by atoms with E-state index in [1.165, 1.54) is 16.3 Å². The molecule has 1 saturated heterocycles. The molecule has 0 spiro atoms. The molecule has 120 valence electrons. The second-order valence-corrected chi connectivity index (χ2v) is 5.90. The van der Waals surface area contributed by atoms with Crippen molar-refractivity contribution in [3.05, 3.63) is 35.7 Å². The number of thiazole rings is 1. The summed E-state index contributed by atoms with van der Waals surface area (Å²) in [5.41, 5.74) is 5.21. The van der Waals surface area contributed by atoms with Crippen molar-refractivity contribution in [2.75, 3.05) is 25.5 Å². The highest BCUT2D eigenvalue weighted by Gasteiger charge is 2.26. The zero-order valence-electron chi connectivity index (χ0n) is 12.5. The first-order valence-electron chi connectivity index (χ1n) is 7.09. The number of nitrogens with zero attached hydrogens (tertiary/aromatic N) is 4. The molecule has 8 nitrogen and oxygen atoms in total. The van der Waals surface area contributed by atoms with Gasteiger partial charge >= 0.3 is 6.03 Å². The van der Waals surface area contributed by atoms with E-state index in [2.05, 4.69) is 20.7 Å². The molecule has 3 heterocycles. The number of carbonyl (C=O) groups is 2. The van der Waals surface area contributed by atoms with E-state index in [4.69, 9.17) is 0 Å². The van der Waals surface area contributed by atoms with Gasteiger partial charge in [0.05, 0.1) is 17.4 Å². The number of hydrogen-bond donors (Lipinski definition) is 2. The van der Waals surface area contributed by atoms with Crippen LogP contribution in [-0.4, -0.2) is 52.0 Å². The Morgan fingerprint density at radius 3 is 3.04 bits per heavy atom. The van der Waals surface area contributed by atoms with Gasteiger partial charge < -0.3 is 10.2 Å². The molecule has 0 saturated carbocycles. The van der Waals surface area contributed by atoms with Gasteiger partial charge in [0.15, 0.2) is 5.69 Å². The Balaban J connectivity index is 1.71. The van der Waals surface area contributed by atoms with E-state index >= 15 is 0 Å². The van der Waals surface area contributed by atoms with E-state index < -0.39 is 5.91 Å². The first-order chi connectivity index (χ1) is 11.1. The van der Waals surface area contributed by atoms with Crippen molar-refractivity contribution >= 4 is 34.0 Å². The quantitative estimate of drug-likeness (QED) is 0.889. The molecule has 1 aliphatic heterocycles. The molecule has 9 heteroatoms. The third-order valence-corrected chi connectivity index (χ3v) is 4.11. The molecule has 2 N–H and O–H groups in total. The number of hydrazine groups is 1. The highest BCUT2D eigenvalue weighted by molar-refractivity contribution is 7.14. The Labute approximate surface area is 137 Å². The lowest BCUT2D eigenvalue weighted by Gasteiger charge is -2.32. The SMILES string of the molecule is CN1CCCN(NC(=O)c2ncsc2Nc2cccnc2)C1=O. The van der Waals surface area contributed by atoms with Crippen LogP contribution in [0.2, 0.25) is 0 Å². The molecule has 0 aromatic carbocycles. The van der Waals surface area contributed by atoms with Crippen molar-refractivity contribution in [3.63, 3.8) is 0 Å². The molecule has 0 radical (unpaired) electrons. The monoisotopic (exact) mass is 332 g/mol. The number of amides is 3. The Morgan fingerprint density at radius 1 is 1.39 bits per heavy atom. The molecular weight excluding hydrogens is 316 g/mol. The van der Waals surface area contributed by atoms with E-state index in [0.29, 0.717) is 18.1 Å². The third-order valence-electron chi connectivity index (χ3n) is 3.37. The maximum absolute atomic E-state index is 12.4. The van der Waals surface area contributed by atoms with E-state index in [1.807, 2.05) is 6.07 Å². The summed E-state index contributed by atoms with van der Waals surface area (Å²) >= 11 is 1.31. The summed E-state index contributed by atoms with van der Waals surface area (Å²) in [6, 6.07) is 3.42. The maximum atomic E-state index is 12.4. The first-order valence-corrected chi connectivity index (χ1v) is 7.97. The van der Waals surface area contributed by atoms with Crippen LogP contribution in [0, 0.1) is 0 Å². The smallest absolute Gasteiger partial charge is 0.338 e. The van der Waals surface area contributed by atoms with Crippen LogP contribution in [-0.2, 0) is 0 Å². The van der Waals surface area contributed by atoms with Crippen molar-refractivity contribution < 1.29 is 9.59 Å². The largest absolute Gasteiger partial charge is 0.344 e. The van der Waals surface area contributed by atoms with Gasteiger partial charge in [0.25, 0.3) is 5.91 Å². The molecule has 1 fully saturated rings. The fourth-order valence-corrected chi connectivity index (χ4v) is 2.90. The minimum absolute atomic E-state index is 0.221. The van der Waals surface area contributed by atoms with Crippen LogP contribution in [0.1, 0.15) is 16.9 Å². The van der Waals surface area contributed by atoms with Gasteiger partial charge in [-0.25, -0.2) is 14.8 Å². The summed E-state index contributed by atoms with van der Waals surface area (Å²) in [7, 11) is 1.71. The molecule has 0 unspecified atom stereocenters. The zero-order chi connectivity index (χ0) is 16.2. The van der Waals surface area contributed by atoms with E-state index in [0.717, 1.165) is 12.1 Å². The fourth-order valence-electron chi connectivity index (χ4n) is 2.21. The van der Waals surface area contributed by atoms with Crippen LogP contribution < -0.4 is 10.7 Å². The maximum Gasteiger partial charge on any atom is 0.338 e. The predicted octanol–water partition coefficient (Wildman–Crippen LogP) is 1.68. The van der Waals surface area contributed by atoms with Crippen LogP contribution in [0.25, 0.3) is 0 Å². The molecule has 3 amide bonds. The number of rotatable bonds is 4. The van der Waals surface area contributed by atoms with Gasteiger partial charge in [-0.15, -0.1) is 11.3 Å². The predicted molar refractivity (Wildman–Crippen MR) is 86.4 cm³/mol. The van der Waals surface area contributed by atoms with Gasteiger partial charge in [-0.1, -0.05) is 0 Å².